The molecule has 2 rings (SSSR count). The Balaban J connectivity index is 2.21. The lowest BCUT2D eigenvalue weighted by molar-refractivity contribution is 0.0954. The lowest BCUT2D eigenvalue weighted by Crippen LogP contribution is -2.30. The first-order valence-electron chi connectivity index (χ1n) is 7.96. The number of likely N-dealkylation sites (N-methyl/N-ethyl adjacent to an activating group) is 1. The van der Waals surface area contributed by atoms with Crippen LogP contribution in [0.3, 0.4) is 0 Å². The fourth-order valence-corrected chi connectivity index (χ4v) is 3.71. The van der Waals surface area contributed by atoms with Crippen molar-refractivity contribution in [3.63, 3.8) is 0 Å². The van der Waals surface area contributed by atoms with Crippen molar-refractivity contribution in [2.45, 2.75) is 18.7 Å². The van der Waals surface area contributed by atoms with Crippen LogP contribution in [0, 0.1) is 13.8 Å². The van der Waals surface area contributed by atoms with E-state index in [-0.39, 0.29) is 10.8 Å². The van der Waals surface area contributed by atoms with Crippen LogP contribution in [0.5, 0.6) is 0 Å². The van der Waals surface area contributed by atoms with Crippen LogP contribution in [0.25, 0.3) is 0 Å². The van der Waals surface area contributed by atoms with Gasteiger partial charge in [0.15, 0.2) is 0 Å². The predicted octanol–water partition coefficient (Wildman–Crippen LogP) is 2.05. The molecule has 3 N–H and O–H groups in total. The highest BCUT2D eigenvalue weighted by Gasteiger charge is 2.17. The number of carbonyl (C=O) groups excluding carboxylic acids is 1. The average molecular weight is 361 g/mol. The number of benzene rings is 2. The molecule has 0 aliphatic heterocycles. The molecule has 1 amide bonds. The number of carbonyl (C=O) groups is 1. The molecule has 2 aromatic rings. The number of hydrogen-bond acceptors (Lipinski definition) is 4. The molecule has 0 aromatic heterocycles. The van der Waals surface area contributed by atoms with E-state index < -0.39 is 10.0 Å². The van der Waals surface area contributed by atoms with Gasteiger partial charge in [-0.05, 0) is 56.3 Å². The zero-order valence-corrected chi connectivity index (χ0v) is 15.4. The van der Waals surface area contributed by atoms with Gasteiger partial charge in [-0.2, -0.15) is 0 Å². The zero-order chi connectivity index (χ0) is 18.4. The van der Waals surface area contributed by atoms with Crippen molar-refractivity contribution < 1.29 is 13.2 Å². The van der Waals surface area contributed by atoms with E-state index in [1.807, 2.05) is 13.0 Å². The number of sulfonamides is 1. The molecule has 0 saturated carbocycles. The SMILES string of the molecule is CNCCNC(=O)c1cccc(NS(=O)(=O)c2cc(C)ccc2C)c1. The van der Waals surface area contributed by atoms with Crippen LogP contribution in [0.1, 0.15) is 21.5 Å². The molecule has 0 aliphatic carbocycles. The molecule has 0 radical (unpaired) electrons. The molecule has 6 nitrogen and oxygen atoms in total. The van der Waals surface area contributed by atoms with Crippen molar-refractivity contribution in [2.24, 2.45) is 0 Å². The monoisotopic (exact) mass is 361 g/mol. The highest BCUT2D eigenvalue weighted by molar-refractivity contribution is 7.92. The summed E-state index contributed by atoms with van der Waals surface area (Å²) >= 11 is 0. The molecule has 0 spiro atoms. The first-order valence-corrected chi connectivity index (χ1v) is 9.45. The van der Waals surface area contributed by atoms with Gasteiger partial charge in [-0.25, -0.2) is 8.42 Å². The summed E-state index contributed by atoms with van der Waals surface area (Å²) in [5, 5.41) is 5.70. The van der Waals surface area contributed by atoms with Gasteiger partial charge in [0, 0.05) is 24.3 Å². The quantitative estimate of drug-likeness (QED) is 0.659. The van der Waals surface area contributed by atoms with Gasteiger partial charge in [0.1, 0.15) is 0 Å². The fraction of sp³-hybridized carbons (Fsp3) is 0.278. The van der Waals surface area contributed by atoms with Crippen LogP contribution >= 0.6 is 0 Å². The Kier molecular flexibility index (Phi) is 6.17. The molecule has 0 atom stereocenters. The Labute approximate surface area is 148 Å². The second kappa shape index (κ2) is 8.13. The van der Waals surface area contributed by atoms with E-state index in [1.165, 1.54) is 6.07 Å². The highest BCUT2D eigenvalue weighted by atomic mass is 32.2. The van der Waals surface area contributed by atoms with E-state index >= 15 is 0 Å². The van der Waals surface area contributed by atoms with Gasteiger partial charge in [-0.3, -0.25) is 9.52 Å². The number of aryl methyl sites for hydroxylation is 2. The van der Waals surface area contributed by atoms with Crippen molar-refractivity contribution in [3.05, 3.63) is 59.2 Å². The summed E-state index contributed by atoms with van der Waals surface area (Å²) in [5.74, 6) is -0.247. The minimum atomic E-state index is -3.72. The minimum absolute atomic E-state index is 0.233. The third kappa shape index (κ3) is 5.04. The molecule has 0 heterocycles. The van der Waals surface area contributed by atoms with Gasteiger partial charge in [0.25, 0.3) is 15.9 Å². The number of rotatable bonds is 7. The lowest BCUT2D eigenvalue weighted by Gasteiger charge is -2.12. The molecule has 0 fully saturated rings. The maximum absolute atomic E-state index is 12.6. The van der Waals surface area contributed by atoms with Gasteiger partial charge in [-0.1, -0.05) is 18.2 Å². The van der Waals surface area contributed by atoms with E-state index in [1.54, 1.807) is 44.3 Å². The van der Waals surface area contributed by atoms with Gasteiger partial charge in [0.05, 0.1) is 4.90 Å². The summed E-state index contributed by atoms with van der Waals surface area (Å²) in [7, 11) is -1.92. The van der Waals surface area contributed by atoms with Crippen LogP contribution in [0.15, 0.2) is 47.4 Å². The third-order valence-electron chi connectivity index (χ3n) is 3.67. The van der Waals surface area contributed by atoms with E-state index in [0.29, 0.717) is 29.9 Å². The number of hydrogen-bond donors (Lipinski definition) is 3. The van der Waals surface area contributed by atoms with Gasteiger partial charge >= 0.3 is 0 Å². The molecule has 0 aliphatic rings. The zero-order valence-electron chi connectivity index (χ0n) is 14.6. The standard InChI is InChI=1S/C18H23N3O3S/c1-13-7-8-14(2)17(11-13)25(23,24)21-16-6-4-5-15(12-16)18(22)20-10-9-19-3/h4-8,11-12,19,21H,9-10H2,1-3H3,(H,20,22). The normalized spacial score (nSPS) is 11.2. The summed E-state index contributed by atoms with van der Waals surface area (Å²) in [4.78, 5) is 12.3. The highest BCUT2D eigenvalue weighted by Crippen LogP contribution is 2.21. The van der Waals surface area contributed by atoms with Crippen LogP contribution in [-0.2, 0) is 10.0 Å². The molecule has 134 valence electrons. The Morgan fingerprint density at radius 1 is 1.04 bits per heavy atom. The van der Waals surface area contributed by atoms with Crippen molar-refractivity contribution in [1.82, 2.24) is 10.6 Å². The van der Waals surface area contributed by atoms with Gasteiger partial charge in [-0.15, -0.1) is 0 Å². The molecule has 0 bridgehead atoms. The van der Waals surface area contributed by atoms with E-state index in [9.17, 15) is 13.2 Å². The maximum Gasteiger partial charge on any atom is 0.262 e. The Hall–Kier alpha value is -2.38. The topological polar surface area (TPSA) is 87.3 Å². The Bertz CT molecular complexity index is 864. The Morgan fingerprint density at radius 3 is 2.52 bits per heavy atom. The van der Waals surface area contributed by atoms with E-state index in [4.69, 9.17) is 0 Å². The largest absolute Gasteiger partial charge is 0.351 e. The molecular weight excluding hydrogens is 338 g/mol. The third-order valence-corrected chi connectivity index (χ3v) is 5.19. The summed E-state index contributed by atoms with van der Waals surface area (Å²) in [6.45, 7) is 4.74. The number of anilines is 1. The second-order valence-electron chi connectivity index (χ2n) is 5.81. The first kappa shape index (κ1) is 19.0. The predicted molar refractivity (Wildman–Crippen MR) is 99.4 cm³/mol. The van der Waals surface area contributed by atoms with Gasteiger partial charge in [0.2, 0.25) is 0 Å². The Morgan fingerprint density at radius 2 is 1.80 bits per heavy atom. The molecule has 25 heavy (non-hydrogen) atoms. The van der Waals surface area contributed by atoms with E-state index in [0.717, 1.165) is 5.56 Å². The minimum Gasteiger partial charge on any atom is -0.351 e. The molecule has 0 unspecified atom stereocenters. The summed E-state index contributed by atoms with van der Waals surface area (Å²) in [6, 6.07) is 11.7. The molecule has 7 heteroatoms. The first-order chi connectivity index (χ1) is 11.8. The van der Waals surface area contributed by atoms with Crippen molar-refractivity contribution in [3.8, 4) is 0 Å². The summed E-state index contributed by atoms with van der Waals surface area (Å²) < 4.78 is 27.8. The van der Waals surface area contributed by atoms with Crippen molar-refractivity contribution >= 4 is 21.6 Å². The van der Waals surface area contributed by atoms with Crippen molar-refractivity contribution in [1.29, 1.82) is 0 Å². The van der Waals surface area contributed by atoms with Crippen LogP contribution < -0.4 is 15.4 Å². The smallest absolute Gasteiger partial charge is 0.262 e. The number of nitrogens with one attached hydrogen (secondary N) is 3. The van der Waals surface area contributed by atoms with Crippen LogP contribution in [0.2, 0.25) is 0 Å². The second-order valence-corrected chi connectivity index (χ2v) is 7.47. The van der Waals surface area contributed by atoms with E-state index in [2.05, 4.69) is 15.4 Å². The van der Waals surface area contributed by atoms with Crippen molar-refractivity contribution in [2.75, 3.05) is 24.9 Å². The lowest BCUT2D eigenvalue weighted by atomic mass is 10.2. The fourth-order valence-electron chi connectivity index (χ4n) is 2.33. The summed E-state index contributed by atoms with van der Waals surface area (Å²) in [5.41, 5.74) is 2.28. The number of amides is 1. The van der Waals surface area contributed by atoms with Crippen LogP contribution in [0.4, 0.5) is 5.69 Å². The summed E-state index contributed by atoms with van der Waals surface area (Å²) in [6.07, 6.45) is 0. The molecule has 2 aromatic carbocycles. The van der Waals surface area contributed by atoms with Crippen LogP contribution in [-0.4, -0.2) is 34.5 Å². The maximum atomic E-state index is 12.6. The average Bonchev–Trinajstić information content (AvgIpc) is 2.57. The molecular formula is C18H23N3O3S. The molecule has 0 saturated heterocycles. The van der Waals surface area contributed by atoms with Gasteiger partial charge < -0.3 is 10.6 Å².